The van der Waals surface area contributed by atoms with Crippen molar-refractivity contribution in [2.24, 2.45) is 0 Å². The number of aromatic nitrogens is 2. The maximum absolute atomic E-state index is 10.0. The first kappa shape index (κ1) is 25.2. The number of rotatable bonds is 7. The van der Waals surface area contributed by atoms with Gasteiger partial charge in [-0.2, -0.15) is 5.26 Å². The summed E-state index contributed by atoms with van der Waals surface area (Å²) in [6.45, 7) is 8.74. The van der Waals surface area contributed by atoms with E-state index in [-0.39, 0.29) is 19.3 Å². The minimum atomic E-state index is -0.450. The molecular weight excluding hydrogens is 464 g/mol. The highest BCUT2D eigenvalue weighted by Crippen LogP contribution is 2.41. The van der Waals surface area contributed by atoms with Crippen LogP contribution < -0.4 is 10.6 Å². The standard InChI is InChI=1S/C29H34N6O2/c1-4-22-23-8-10-35(18(2)15-36)14-19(23)5-6-26(22)34-28-31-9-7-25(33-28)20-11-21(13-30)27-24(12-20)29(3,17-37)16-32-27/h5-7,9,11-12,18,32,36-37H,4,8,10,14-17H2,1-3H3,(H,31,33,34). The maximum Gasteiger partial charge on any atom is 0.227 e. The van der Waals surface area contributed by atoms with Gasteiger partial charge in [0, 0.05) is 48.5 Å². The second kappa shape index (κ2) is 10.1. The van der Waals surface area contributed by atoms with Crippen molar-refractivity contribution in [1.29, 1.82) is 5.26 Å². The summed E-state index contributed by atoms with van der Waals surface area (Å²) < 4.78 is 0. The molecule has 2 aliphatic rings. The van der Waals surface area contributed by atoms with Crippen molar-refractivity contribution in [1.82, 2.24) is 14.9 Å². The number of anilines is 3. The van der Waals surface area contributed by atoms with Crippen LogP contribution in [0.15, 0.2) is 36.5 Å². The molecular formula is C29H34N6O2. The Labute approximate surface area is 218 Å². The van der Waals surface area contributed by atoms with E-state index in [4.69, 9.17) is 4.98 Å². The number of nitrogens with one attached hydrogen (secondary N) is 2. The molecule has 0 aliphatic carbocycles. The van der Waals surface area contributed by atoms with E-state index < -0.39 is 5.41 Å². The lowest BCUT2D eigenvalue weighted by Crippen LogP contribution is -2.39. The van der Waals surface area contributed by atoms with Gasteiger partial charge in [-0.05, 0) is 66.3 Å². The molecule has 2 aromatic carbocycles. The smallest absolute Gasteiger partial charge is 0.227 e. The Morgan fingerprint density at radius 1 is 1.27 bits per heavy atom. The molecule has 0 saturated carbocycles. The predicted molar refractivity (Wildman–Crippen MR) is 145 cm³/mol. The summed E-state index contributed by atoms with van der Waals surface area (Å²) in [5.74, 6) is 0.500. The minimum absolute atomic E-state index is 0.00725. The highest BCUT2D eigenvalue weighted by molar-refractivity contribution is 5.76. The molecule has 3 heterocycles. The lowest BCUT2D eigenvalue weighted by Gasteiger charge is -2.34. The van der Waals surface area contributed by atoms with Gasteiger partial charge in [0.05, 0.1) is 30.2 Å². The molecule has 5 rings (SSSR count). The lowest BCUT2D eigenvalue weighted by atomic mass is 9.83. The van der Waals surface area contributed by atoms with Crippen LogP contribution >= 0.6 is 0 Å². The van der Waals surface area contributed by atoms with Crippen LogP contribution in [0.2, 0.25) is 0 Å². The van der Waals surface area contributed by atoms with E-state index in [1.807, 2.05) is 25.1 Å². The Bertz CT molecular complexity index is 1370. The molecule has 4 N–H and O–H groups in total. The summed E-state index contributed by atoms with van der Waals surface area (Å²) in [7, 11) is 0. The van der Waals surface area contributed by atoms with Crippen molar-refractivity contribution in [3.8, 4) is 17.3 Å². The van der Waals surface area contributed by atoms with Crippen LogP contribution in [-0.2, 0) is 24.8 Å². The van der Waals surface area contributed by atoms with Crippen LogP contribution in [0.4, 0.5) is 17.3 Å². The predicted octanol–water partition coefficient (Wildman–Crippen LogP) is 3.74. The second-order valence-electron chi connectivity index (χ2n) is 10.4. The van der Waals surface area contributed by atoms with Gasteiger partial charge in [0.2, 0.25) is 5.95 Å². The van der Waals surface area contributed by atoms with Crippen LogP contribution in [-0.4, -0.2) is 57.4 Å². The van der Waals surface area contributed by atoms with E-state index in [1.165, 1.54) is 16.7 Å². The van der Waals surface area contributed by atoms with Gasteiger partial charge in [0.25, 0.3) is 0 Å². The van der Waals surface area contributed by atoms with Gasteiger partial charge in [0.15, 0.2) is 0 Å². The van der Waals surface area contributed by atoms with Gasteiger partial charge in [-0.3, -0.25) is 4.90 Å². The first-order chi connectivity index (χ1) is 17.9. The minimum Gasteiger partial charge on any atom is -0.395 e. The number of benzene rings is 2. The SMILES string of the molecule is CCc1c(Nc2nccc(-c3cc(C#N)c4c(c3)C(C)(CO)CN4)n2)ccc2c1CCN(C(C)CO)C2. The molecule has 192 valence electrons. The van der Waals surface area contributed by atoms with Gasteiger partial charge in [-0.1, -0.05) is 19.9 Å². The van der Waals surface area contributed by atoms with Gasteiger partial charge in [-0.25, -0.2) is 9.97 Å². The van der Waals surface area contributed by atoms with Crippen molar-refractivity contribution in [2.75, 3.05) is 36.9 Å². The molecule has 8 heteroatoms. The summed E-state index contributed by atoms with van der Waals surface area (Å²) in [5, 5.41) is 36.1. The largest absolute Gasteiger partial charge is 0.395 e. The zero-order valence-electron chi connectivity index (χ0n) is 21.7. The number of aliphatic hydroxyl groups is 2. The molecule has 1 aromatic heterocycles. The highest BCUT2D eigenvalue weighted by atomic mass is 16.3. The molecule has 3 aromatic rings. The maximum atomic E-state index is 10.0. The zero-order valence-corrected chi connectivity index (χ0v) is 21.7. The summed E-state index contributed by atoms with van der Waals surface area (Å²) in [5.41, 5.74) is 8.33. The fourth-order valence-electron chi connectivity index (χ4n) is 5.53. The third-order valence-electron chi connectivity index (χ3n) is 7.90. The quantitative estimate of drug-likeness (QED) is 0.389. The molecule has 0 radical (unpaired) electrons. The van der Waals surface area contributed by atoms with Crippen LogP contribution in [0, 0.1) is 11.3 Å². The van der Waals surface area contributed by atoms with Crippen LogP contribution in [0.3, 0.4) is 0 Å². The molecule has 8 nitrogen and oxygen atoms in total. The van der Waals surface area contributed by atoms with Gasteiger partial charge < -0.3 is 20.8 Å². The average molecular weight is 499 g/mol. The van der Waals surface area contributed by atoms with Crippen molar-refractivity contribution >= 4 is 17.3 Å². The van der Waals surface area contributed by atoms with E-state index in [1.54, 1.807) is 6.20 Å². The molecule has 2 aliphatic heterocycles. The van der Waals surface area contributed by atoms with E-state index in [0.717, 1.165) is 48.4 Å². The Morgan fingerprint density at radius 3 is 2.84 bits per heavy atom. The van der Waals surface area contributed by atoms with Gasteiger partial charge in [-0.15, -0.1) is 0 Å². The number of nitrogens with zero attached hydrogens (tertiary/aromatic N) is 4. The van der Waals surface area contributed by atoms with Crippen molar-refractivity contribution < 1.29 is 10.2 Å². The molecule has 0 saturated heterocycles. The van der Waals surface area contributed by atoms with Crippen LogP contribution in [0.1, 0.15) is 48.6 Å². The normalized spacial score (nSPS) is 19.5. The molecule has 2 unspecified atom stereocenters. The van der Waals surface area contributed by atoms with E-state index in [9.17, 15) is 15.5 Å². The number of fused-ring (bicyclic) bond motifs is 2. The first-order valence-electron chi connectivity index (χ1n) is 12.9. The average Bonchev–Trinajstić information content (AvgIpc) is 3.28. The van der Waals surface area contributed by atoms with Crippen molar-refractivity contribution in [3.05, 3.63) is 64.3 Å². The fourth-order valence-corrected chi connectivity index (χ4v) is 5.53. The molecule has 37 heavy (non-hydrogen) atoms. The Balaban J connectivity index is 1.46. The monoisotopic (exact) mass is 498 g/mol. The van der Waals surface area contributed by atoms with Crippen LogP contribution in [0.5, 0.6) is 0 Å². The van der Waals surface area contributed by atoms with E-state index in [2.05, 4.69) is 52.6 Å². The van der Waals surface area contributed by atoms with Gasteiger partial charge in [0.1, 0.15) is 6.07 Å². The number of nitriles is 1. The van der Waals surface area contributed by atoms with Crippen LogP contribution in [0.25, 0.3) is 11.3 Å². The topological polar surface area (TPSA) is 117 Å². The van der Waals surface area contributed by atoms with E-state index >= 15 is 0 Å². The zero-order chi connectivity index (χ0) is 26.2. The summed E-state index contributed by atoms with van der Waals surface area (Å²) >= 11 is 0. The number of aliphatic hydroxyl groups excluding tert-OH is 2. The van der Waals surface area contributed by atoms with Crippen molar-refractivity contribution in [2.45, 2.75) is 51.6 Å². The molecule has 0 amide bonds. The highest BCUT2D eigenvalue weighted by Gasteiger charge is 2.36. The molecule has 0 spiro atoms. The Morgan fingerprint density at radius 2 is 2.11 bits per heavy atom. The van der Waals surface area contributed by atoms with E-state index in [0.29, 0.717) is 23.8 Å². The number of hydrogen-bond donors (Lipinski definition) is 4. The summed E-state index contributed by atoms with van der Waals surface area (Å²) in [6, 6.07) is 12.4. The first-order valence-corrected chi connectivity index (χ1v) is 12.9. The Hall–Kier alpha value is -3.51. The third-order valence-corrected chi connectivity index (χ3v) is 7.90. The summed E-state index contributed by atoms with van der Waals surface area (Å²) in [4.78, 5) is 11.6. The summed E-state index contributed by atoms with van der Waals surface area (Å²) in [6.07, 6.45) is 3.57. The molecule has 0 bridgehead atoms. The fraction of sp³-hybridized carbons (Fsp3) is 0.414. The molecule has 2 atom stereocenters. The van der Waals surface area contributed by atoms with Crippen molar-refractivity contribution in [3.63, 3.8) is 0 Å². The second-order valence-corrected chi connectivity index (χ2v) is 10.4. The molecule has 0 fully saturated rings. The number of hydrogen-bond acceptors (Lipinski definition) is 8. The van der Waals surface area contributed by atoms with Gasteiger partial charge >= 0.3 is 0 Å². The lowest BCUT2D eigenvalue weighted by molar-refractivity contribution is 0.123. The third kappa shape index (κ3) is 4.55. The Kier molecular flexibility index (Phi) is 6.86.